The maximum Gasteiger partial charge on any atom is 0.0991 e. The van der Waals surface area contributed by atoms with Crippen molar-refractivity contribution in [3.05, 3.63) is 46.5 Å². The second-order valence-corrected chi connectivity index (χ2v) is 5.88. The van der Waals surface area contributed by atoms with E-state index in [9.17, 15) is 0 Å². The summed E-state index contributed by atoms with van der Waals surface area (Å²) in [5, 5.41) is 8.92. The quantitative estimate of drug-likeness (QED) is 0.800. The van der Waals surface area contributed by atoms with E-state index in [-0.39, 0.29) is 12.4 Å². The van der Waals surface area contributed by atoms with Gasteiger partial charge in [-0.3, -0.25) is 4.99 Å². The smallest absolute Gasteiger partial charge is 0.0991 e. The van der Waals surface area contributed by atoms with Crippen LogP contribution in [0.3, 0.4) is 0 Å². The number of benzene rings is 1. The van der Waals surface area contributed by atoms with Gasteiger partial charge in [-0.1, -0.05) is 26.0 Å². The minimum Gasteiger partial charge on any atom is -0.288 e. The third-order valence-corrected chi connectivity index (χ3v) is 5.23. The summed E-state index contributed by atoms with van der Waals surface area (Å²) >= 11 is 0. The molecule has 1 aromatic rings. The van der Waals surface area contributed by atoms with Crippen LogP contribution in [0.15, 0.2) is 40.4 Å². The molecular weight excluding hydrogens is 280 g/mol. The third-order valence-electron chi connectivity index (χ3n) is 5.23. The summed E-state index contributed by atoms with van der Waals surface area (Å²) in [6.45, 7) is 5.49. The fourth-order valence-electron chi connectivity index (χ4n) is 3.86. The summed E-state index contributed by atoms with van der Waals surface area (Å²) in [7, 11) is 0. The van der Waals surface area contributed by atoms with Gasteiger partial charge in [0, 0.05) is 12.1 Å². The average Bonchev–Trinajstić information content (AvgIpc) is 3.09. The Hall–Kier alpha value is -1.59. The van der Waals surface area contributed by atoms with E-state index < -0.39 is 0 Å². The van der Waals surface area contributed by atoms with Crippen LogP contribution in [0.5, 0.6) is 0 Å². The highest BCUT2D eigenvalue weighted by atomic mass is 35.5. The second kappa shape index (κ2) is 6.03. The molecule has 110 valence electrons. The Morgan fingerprint density at radius 3 is 2.48 bits per heavy atom. The van der Waals surface area contributed by atoms with Crippen LogP contribution in [0.4, 0.5) is 0 Å². The average molecular weight is 301 g/mol. The minimum atomic E-state index is 0. The van der Waals surface area contributed by atoms with Crippen molar-refractivity contribution in [3.8, 4) is 6.07 Å². The summed E-state index contributed by atoms with van der Waals surface area (Å²) in [6, 6.07) is 10.3. The van der Waals surface area contributed by atoms with Crippen molar-refractivity contribution in [2.24, 2.45) is 10.4 Å². The zero-order chi connectivity index (χ0) is 14.2. The lowest BCUT2D eigenvalue weighted by molar-refractivity contribution is 0.310. The standard InChI is InChI=1S/C18H20N2.ClH/c1-3-18(4-2)9-15(16-11-20-12-17(16)18)14-7-5-13(10-19)6-8-14;/h5-8,11,15H,3-4,9,12H2,1-2H3;1H. The van der Waals surface area contributed by atoms with Gasteiger partial charge in [0.15, 0.2) is 0 Å². The van der Waals surface area contributed by atoms with Crippen molar-refractivity contribution in [2.75, 3.05) is 6.54 Å². The Balaban J connectivity index is 0.00000161. The molecule has 21 heavy (non-hydrogen) atoms. The van der Waals surface area contributed by atoms with E-state index >= 15 is 0 Å². The zero-order valence-corrected chi connectivity index (χ0v) is 13.4. The lowest BCUT2D eigenvalue weighted by Crippen LogP contribution is -2.20. The van der Waals surface area contributed by atoms with Gasteiger partial charge < -0.3 is 0 Å². The Labute approximate surface area is 133 Å². The number of aliphatic imine (C=N–C) groups is 1. The topological polar surface area (TPSA) is 36.1 Å². The summed E-state index contributed by atoms with van der Waals surface area (Å²) in [5.41, 5.74) is 5.41. The molecule has 0 bridgehead atoms. The van der Waals surface area contributed by atoms with Crippen LogP contribution in [0.1, 0.15) is 50.2 Å². The first-order valence-electron chi connectivity index (χ1n) is 7.47. The Morgan fingerprint density at radius 2 is 1.90 bits per heavy atom. The predicted octanol–water partition coefficient (Wildman–Crippen LogP) is 4.65. The van der Waals surface area contributed by atoms with Gasteiger partial charge in [0.25, 0.3) is 0 Å². The van der Waals surface area contributed by atoms with Gasteiger partial charge in [-0.15, -0.1) is 12.4 Å². The molecule has 1 aromatic carbocycles. The SMILES string of the molecule is CCC1(CC)CC(c2ccc(C#N)cc2)C2=C1CN=C2.Cl. The fraction of sp³-hybridized carbons (Fsp3) is 0.444. The van der Waals surface area contributed by atoms with E-state index in [0.29, 0.717) is 11.3 Å². The van der Waals surface area contributed by atoms with Gasteiger partial charge in [-0.2, -0.15) is 5.26 Å². The van der Waals surface area contributed by atoms with Crippen molar-refractivity contribution in [1.82, 2.24) is 0 Å². The van der Waals surface area contributed by atoms with Crippen molar-refractivity contribution in [1.29, 1.82) is 5.26 Å². The molecule has 2 nitrogen and oxygen atoms in total. The fourth-order valence-corrected chi connectivity index (χ4v) is 3.86. The summed E-state index contributed by atoms with van der Waals surface area (Å²) < 4.78 is 0. The number of halogens is 1. The van der Waals surface area contributed by atoms with Gasteiger partial charge in [0.2, 0.25) is 0 Å². The highest BCUT2D eigenvalue weighted by molar-refractivity contribution is 5.86. The number of hydrogen-bond acceptors (Lipinski definition) is 2. The van der Waals surface area contributed by atoms with Crippen molar-refractivity contribution in [2.45, 2.75) is 39.0 Å². The zero-order valence-electron chi connectivity index (χ0n) is 12.6. The highest BCUT2D eigenvalue weighted by Gasteiger charge is 2.44. The second-order valence-electron chi connectivity index (χ2n) is 5.88. The number of allylic oxidation sites excluding steroid dienone is 1. The molecule has 1 aliphatic heterocycles. The minimum absolute atomic E-state index is 0. The van der Waals surface area contributed by atoms with Crippen LogP contribution in [0, 0.1) is 16.7 Å². The molecule has 1 aliphatic carbocycles. The van der Waals surface area contributed by atoms with Crippen LogP contribution < -0.4 is 0 Å². The van der Waals surface area contributed by atoms with E-state index in [1.807, 2.05) is 12.1 Å². The van der Waals surface area contributed by atoms with Gasteiger partial charge in [0.05, 0.1) is 18.2 Å². The molecule has 0 fully saturated rings. The first kappa shape index (κ1) is 15.8. The molecule has 0 N–H and O–H groups in total. The first-order valence-corrected chi connectivity index (χ1v) is 7.47. The van der Waals surface area contributed by atoms with Crippen LogP contribution >= 0.6 is 12.4 Å². The number of nitriles is 1. The van der Waals surface area contributed by atoms with Crippen LogP contribution in [-0.2, 0) is 0 Å². The van der Waals surface area contributed by atoms with E-state index in [0.717, 1.165) is 12.1 Å². The van der Waals surface area contributed by atoms with E-state index in [1.54, 1.807) is 5.57 Å². The number of hydrogen-bond donors (Lipinski definition) is 0. The maximum atomic E-state index is 8.92. The number of rotatable bonds is 3. The molecule has 2 aliphatic rings. The molecule has 0 aromatic heterocycles. The maximum absolute atomic E-state index is 8.92. The largest absolute Gasteiger partial charge is 0.288 e. The molecule has 1 atom stereocenters. The molecule has 0 saturated carbocycles. The lowest BCUT2D eigenvalue weighted by Gasteiger charge is -2.30. The van der Waals surface area contributed by atoms with Crippen molar-refractivity contribution >= 4 is 18.6 Å². The van der Waals surface area contributed by atoms with Gasteiger partial charge in [0.1, 0.15) is 0 Å². The predicted molar refractivity (Wildman–Crippen MR) is 89.2 cm³/mol. The molecule has 3 heteroatoms. The molecule has 0 amide bonds. The number of nitrogens with zero attached hydrogens (tertiary/aromatic N) is 2. The molecule has 1 unspecified atom stereocenters. The van der Waals surface area contributed by atoms with Crippen LogP contribution in [0.25, 0.3) is 0 Å². The summed E-state index contributed by atoms with van der Waals surface area (Å²) in [5.74, 6) is 0.462. The Morgan fingerprint density at radius 1 is 1.24 bits per heavy atom. The lowest BCUT2D eigenvalue weighted by atomic mass is 9.75. The normalized spacial score (nSPS) is 21.9. The third kappa shape index (κ3) is 2.40. The van der Waals surface area contributed by atoms with E-state index in [4.69, 9.17) is 5.26 Å². The van der Waals surface area contributed by atoms with Crippen molar-refractivity contribution in [3.63, 3.8) is 0 Å². The Bertz CT molecular complexity index is 616. The first-order chi connectivity index (χ1) is 9.74. The van der Waals surface area contributed by atoms with E-state index in [2.05, 4.69) is 43.3 Å². The molecule has 0 saturated heterocycles. The summed E-state index contributed by atoms with van der Waals surface area (Å²) in [6.07, 6.45) is 5.67. The van der Waals surface area contributed by atoms with Gasteiger partial charge in [-0.25, -0.2) is 0 Å². The molecule has 0 spiro atoms. The molecule has 1 heterocycles. The monoisotopic (exact) mass is 300 g/mol. The summed E-state index contributed by atoms with van der Waals surface area (Å²) in [4.78, 5) is 4.52. The molecule has 3 rings (SSSR count). The molecule has 0 radical (unpaired) electrons. The van der Waals surface area contributed by atoms with Crippen LogP contribution in [0.2, 0.25) is 0 Å². The Kier molecular flexibility index (Phi) is 4.54. The van der Waals surface area contributed by atoms with Crippen LogP contribution in [-0.4, -0.2) is 12.8 Å². The highest BCUT2D eigenvalue weighted by Crippen LogP contribution is 2.55. The van der Waals surface area contributed by atoms with Crippen molar-refractivity contribution < 1.29 is 0 Å². The van der Waals surface area contributed by atoms with E-state index in [1.165, 1.54) is 30.4 Å². The van der Waals surface area contributed by atoms with Gasteiger partial charge >= 0.3 is 0 Å². The van der Waals surface area contributed by atoms with Gasteiger partial charge in [-0.05, 0) is 53.5 Å². The molecular formula is C18H21ClN2.